The molecule has 0 aliphatic heterocycles. The van der Waals surface area contributed by atoms with Gasteiger partial charge in [-0.2, -0.15) is 10.2 Å². The molecule has 0 radical (unpaired) electrons. The van der Waals surface area contributed by atoms with Crippen LogP contribution in [0.15, 0.2) is 65.6 Å². The quantitative estimate of drug-likeness (QED) is 0.474. The van der Waals surface area contributed by atoms with E-state index < -0.39 is 0 Å². The lowest BCUT2D eigenvalue weighted by Crippen LogP contribution is -2.37. The number of hydrogen-bond acceptors (Lipinski definition) is 4. The van der Waals surface area contributed by atoms with E-state index in [0.717, 1.165) is 48.0 Å². The molecule has 7 heteroatoms. The van der Waals surface area contributed by atoms with Crippen molar-refractivity contribution >= 4 is 16.7 Å². The van der Waals surface area contributed by atoms with Crippen molar-refractivity contribution < 1.29 is 4.79 Å². The van der Waals surface area contributed by atoms with Crippen molar-refractivity contribution in [2.24, 2.45) is 0 Å². The number of carbonyl (C=O) groups excluding carboxylic acids is 1. The van der Waals surface area contributed by atoms with Gasteiger partial charge in [0.15, 0.2) is 0 Å². The van der Waals surface area contributed by atoms with Gasteiger partial charge in [0.25, 0.3) is 11.5 Å². The lowest BCUT2D eigenvalue weighted by molar-refractivity contribution is 0.0925. The Bertz CT molecular complexity index is 1250. The molecule has 0 unspecified atom stereocenters. The molecule has 0 atom stereocenters. The fraction of sp³-hybridized carbons (Fsp3) is 0.250. The third-order valence-electron chi connectivity index (χ3n) is 6.12. The molecule has 1 fully saturated rings. The largest absolute Gasteiger partial charge is 0.349 e. The van der Waals surface area contributed by atoms with Crippen LogP contribution in [-0.2, 0) is 0 Å². The number of hydrogen-bond donors (Lipinski definition) is 3. The van der Waals surface area contributed by atoms with Crippen molar-refractivity contribution in [2.45, 2.75) is 37.6 Å². The number of carbonyl (C=O) groups is 1. The molecule has 1 aliphatic rings. The summed E-state index contributed by atoms with van der Waals surface area (Å²) in [6.45, 7) is 0. The van der Waals surface area contributed by atoms with E-state index in [1.54, 1.807) is 6.20 Å². The van der Waals surface area contributed by atoms with Crippen molar-refractivity contribution in [2.75, 3.05) is 0 Å². The summed E-state index contributed by atoms with van der Waals surface area (Å²) in [7, 11) is 0. The highest BCUT2D eigenvalue weighted by Crippen LogP contribution is 2.34. The Balaban J connectivity index is 1.23. The molecule has 1 aliphatic carbocycles. The fourth-order valence-electron chi connectivity index (χ4n) is 4.44. The Labute approximate surface area is 178 Å². The van der Waals surface area contributed by atoms with Crippen LogP contribution in [0.25, 0.3) is 22.0 Å². The second kappa shape index (κ2) is 8.18. The van der Waals surface area contributed by atoms with Crippen molar-refractivity contribution in [3.05, 3.63) is 82.4 Å². The minimum atomic E-state index is -0.154. The van der Waals surface area contributed by atoms with E-state index in [4.69, 9.17) is 0 Å². The van der Waals surface area contributed by atoms with Crippen molar-refractivity contribution in [3.63, 3.8) is 0 Å². The zero-order valence-corrected chi connectivity index (χ0v) is 17.0. The van der Waals surface area contributed by atoms with E-state index in [-0.39, 0.29) is 23.4 Å². The molecule has 0 bridgehead atoms. The van der Waals surface area contributed by atoms with Gasteiger partial charge >= 0.3 is 0 Å². The summed E-state index contributed by atoms with van der Waals surface area (Å²) in [4.78, 5) is 24.7. The monoisotopic (exact) mass is 413 g/mol. The molecule has 1 saturated carbocycles. The average molecular weight is 413 g/mol. The van der Waals surface area contributed by atoms with Gasteiger partial charge < -0.3 is 5.32 Å². The summed E-state index contributed by atoms with van der Waals surface area (Å²) in [6.07, 6.45) is 5.39. The fourth-order valence-corrected chi connectivity index (χ4v) is 4.44. The van der Waals surface area contributed by atoms with Crippen LogP contribution in [0.4, 0.5) is 0 Å². The van der Waals surface area contributed by atoms with Gasteiger partial charge in [0.05, 0.1) is 16.8 Å². The Morgan fingerprint density at radius 3 is 2.35 bits per heavy atom. The second-order valence-electron chi connectivity index (χ2n) is 8.04. The first-order valence-electron chi connectivity index (χ1n) is 10.6. The smallest absolute Gasteiger partial charge is 0.272 e. The molecule has 2 heterocycles. The Morgan fingerprint density at radius 1 is 0.903 bits per heavy atom. The first kappa shape index (κ1) is 19.2. The number of nitrogens with one attached hydrogen (secondary N) is 3. The normalized spacial score (nSPS) is 18.7. The summed E-state index contributed by atoms with van der Waals surface area (Å²) < 4.78 is 0. The standard InChI is InChI=1S/C24H23N5O2/c30-23(17-7-5-15(6-8-17)21-13-14-25-27-21)26-18-11-9-16(10-12-18)22-19-3-1-2-4-20(19)24(31)29-28-22/h1-8,13-14,16,18H,9-12H2,(H,25,27)(H,26,30)(H,29,31)/t16-,18-. The topological polar surface area (TPSA) is 104 Å². The average Bonchev–Trinajstić information content (AvgIpc) is 3.35. The van der Waals surface area contributed by atoms with E-state index in [0.29, 0.717) is 10.9 Å². The summed E-state index contributed by atoms with van der Waals surface area (Å²) in [5, 5.41) is 18.7. The third kappa shape index (κ3) is 3.86. The molecule has 2 aromatic carbocycles. The molecule has 3 N–H and O–H groups in total. The van der Waals surface area contributed by atoms with Gasteiger partial charge in [-0.1, -0.05) is 30.3 Å². The Hall–Kier alpha value is -3.74. The van der Waals surface area contributed by atoms with Gasteiger partial charge in [-0.3, -0.25) is 14.7 Å². The highest BCUT2D eigenvalue weighted by Gasteiger charge is 2.26. The van der Waals surface area contributed by atoms with E-state index in [2.05, 4.69) is 25.7 Å². The van der Waals surface area contributed by atoms with Crippen LogP contribution in [-0.4, -0.2) is 32.3 Å². The first-order chi connectivity index (χ1) is 15.2. The van der Waals surface area contributed by atoms with Gasteiger partial charge in [0, 0.05) is 34.7 Å². The lowest BCUT2D eigenvalue weighted by atomic mass is 9.82. The highest BCUT2D eigenvalue weighted by molar-refractivity contribution is 5.94. The Morgan fingerprint density at radius 2 is 1.65 bits per heavy atom. The predicted octanol–water partition coefficient (Wildman–Crippen LogP) is 3.77. The molecular weight excluding hydrogens is 390 g/mol. The van der Waals surface area contributed by atoms with Crippen molar-refractivity contribution in [1.82, 2.24) is 25.7 Å². The number of aromatic nitrogens is 4. The number of amides is 1. The molecule has 7 nitrogen and oxygen atoms in total. The van der Waals surface area contributed by atoms with E-state index in [1.807, 2.05) is 54.6 Å². The summed E-state index contributed by atoms with van der Waals surface area (Å²) in [5.41, 5.74) is 3.27. The maximum Gasteiger partial charge on any atom is 0.272 e. The van der Waals surface area contributed by atoms with Crippen molar-refractivity contribution in [3.8, 4) is 11.3 Å². The van der Waals surface area contributed by atoms with Gasteiger partial charge in [0.2, 0.25) is 0 Å². The number of rotatable bonds is 4. The first-order valence-corrected chi connectivity index (χ1v) is 10.6. The maximum absolute atomic E-state index is 12.7. The molecular formula is C24H23N5O2. The summed E-state index contributed by atoms with van der Waals surface area (Å²) in [6, 6.07) is 17.1. The number of benzene rings is 2. The third-order valence-corrected chi connectivity index (χ3v) is 6.12. The Kier molecular flexibility index (Phi) is 5.08. The number of H-pyrrole nitrogens is 2. The molecule has 156 valence electrons. The molecule has 31 heavy (non-hydrogen) atoms. The number of nitrogens with zero attached hydrogens (tertiary/aromatic N) is 2. The van der Waals surface area contributed by atoms with Gasteiger partial charge in [-0.15, -0.1) is 0 Å². The number of fused-ring (bicyclic) bond motifs is 1. The summed E-state index contributed by atoms with van der Waals surface area (Å²) in [5.74, 6) is 0.229. The van der Waals surface area contributed by atoms with Gasteiger partial charge in [-0.25, -0.2) is 5.10 Å². The maximum atomic E-state index is 12.7. The van der Waals surface area contributed by atoms with Crippen LogP contribution in [0.2, 0.25) is 0 Å². The van der Waals surface area contributed by atoms with Crippen molar-refractivity contribution in [1.29, 1.82) is 0 Å². The van der Waals surface area contributed by atoms with Crippen LogP contribution >= 0.6 is 0 Å². The minimum Gasteiger partial charge on any atom is -0.349 e. The van der Waals surface area contributed by atoms with Crippen LogP contribution in [0.3, 0.4) is 0 Å². The molecule has 4 aromatic rings. The van der Waals surface area contributed by atoms with Crippen LogP contribution < -0.4 is 10.9 Å². The van der Waals surface area contributed by atoms with Gasteiger partial charge in [0.1, 0.15) is 0 Å². The lowest BCUT2D eigenvalue weighted by Gasteiger charge is -2.29. The van der Waals surface area contributed by atoms with Crippen LogP contribution in [0.1, 0.15) is 47.7 Å². The van der Waals surface area contributed by atoms with Gasteiger partial charge in [-0.05, 0) is 49.9 Å². The molecule has 5 rings (SSSR count). The molecule has 0 spiro atoms. The molecule has 2 aromatic heterocycles. The van der Waals surface area contributed by atoms with Crippen LogP contribution in [0.5, 0.6) is 0 Å². The zero-order chi connectivity index (χ0) is 21.2. The summed E-state index contributed by atoms with van der Waals surface area (Å²) >= 11 is 0. The highest BCUT2D eigenvalue weighted by atomic mass is 16.1. The zero-order valence-electron chi connectivity index (χ0n) is 17.0. The predicted molar refractivity (Wildman–Crippen MR) is 119 cm³/mol. The number of aromatic amines is 2. The molecule has 1 amide bonds. The second-order valence-corrected chi connectivity index (χ2v) is 8.04. The van der Waals surface area contributed by atoms with E-state index in [1.165, 1.54) is 0 Å². The SMILES string of the molecule is O=C(N[C@H]1CC[C@H](c2n[nH]c(=O)c3ccccc32)CC1)c1ccc(-c2cc[nH]n2)cc1. The molecule has 0 saturated heterocycles. The minimum absolute atomic E-state index is 0.0513. The van der Waals surface area contributed by atoms with Crippen LogP contribution in [0, 0.1) is 0 Å². The van der Waals surface area contributed by atoms with E-state index in [9.17, 15) is 9.59 Å². The van der Waals surface area contributed by atoms with E-state index >= 15 is 0 Å².